The highest BCUT2D eigenvalue weighted by Crippen LogP contribution is 2.35. The van der Waals surface area contributed by atoms with Crippen molar-refractivity contribution in [2.24, 2.45) is 5.92 Å². The summed E-state index contributed by atoms with van der Waals surface area (Å²) >= 11 is 1.48. The van der Waals surface area contributed by atoms with Gasteiger partial charge in [0.2, 0.25) is 5.91 Å². The van der Waals surface area contributed by atoms with Crippen LogP contribution in [-0.4, -0.2) is 48.7 Å². The average molecular weight is 359 g/mol. The predicted octanol–water partition coefficient (Wildman–Crippen LogP) is 3.01. The normalized spacial score (nSPS) is 23.7. The van der Waals surface area contributed by atoms with E-state index < -0.39 is 0 Å². The molecule has 0 spiro atoms. The fraction of sp³-hybridized carbons (Fsp3) is 0.667. The highest BCUT2D eigenvalue weighted by Gasteiger charge is 2.35. The van der Waals surface area contributed by atoms with Crippen molar-refractivity contribution in [1.29, 1.82) is 0 Å². The fourth-order valence-corrected chi connectivity index (χ4v) is 5.31. The molecular weight excluding hydrogens is 334 g/mol. The van der Waals surface area contributed by atoms with Crippen molar-refractivity contribution < 1.29 is 4.79 Å². The molecule has 4 rings (SSSR count). The van der Waals surface area contributed by atoms with Crippen LogP contribution in [-0.2, 0) is 4.79 Å². The number of likely N-dealkylation sites (tertiary alicyclic amines) is 1. The Morgan fingerprint density at radius 2 is 2.00 bits per heavy atom. The number of fused-ring (bicyclic) bond motifs is 2. The molecule has 7 heteroatoms. The first-order valence-corrected chi connectivity index (χ1v) is 10.2. The van der Waals surface area contributed by atoms with Crippen molar-refractivity contribution in [2.75, 3.05) is 12.3 Å². The number of hydrogen-bond acceptors (Lipinski definition) is 5. The second kappa shape index (κ2) is 6.94. The average Bonchev–Trinajstić information content (AvgIpc) is 3.02. The van der Waals surface area contributed by atoms with Crippen LogP contribution in [0, 0.1) is 19.8 Å². The van der Waals surface area contributed by atoms with Crippen LogP contribution in [0.3, 0.4) is 0 Å². The van der Waals surface area contributed by atoms with Crippen molar-refractivity contribution in [1.82, 2.24) is 24.5 Å². The molecule has 2 fully saturated rings. The molecule has 25 heavy (non-hydrogen) atoms. The van der Waals surface area contributed by atoms with Gasteiger partial charge in [-0.1, -0.05) is 24.6 Å². The summed E-state index contributed by atoms with van der Waals surface area (Å²) in [5, 5.41) is 9.15. The summed E-state index contributed by atoms with van der Waals surface area (Å²) in [7, 11) is 0. The third-order valence-corrected chi connectivity index (χ3v) is 6.47. The largest absolute Gasteiger partial charge is 0.339 e. The molecule has 2 aliphatic rings. The zero-order chi connectivity index (χ0) is 17.4. The molecule has 1 saturated carbocycles. The van der Waals surface area contributed by atoms with Gasteiger partial charge >= 0.3 is 0 Å². The van der Waals surface area contributed by atoms with E-state index in [1.807, 2.05) is 24.3 Å². The first-order chi connectivity index (χ1) is 12.1. The number of aromatic nitrogens is 4. The molecule has 2 aromatic heterocycles. The number of carbonyl (C=O) groups is 1. The highest BCUT2D eigenvalue weighted by molar-refractivity contribution is 7.99. The number of hydrogen-bond donors (Lipinski definition) is 0. The van der Waals surface area contributed by atoms with E-state index in [2.05, 4.69) is 20.1 Å². The van der Waals surface area contributed by atoms with Gasteiger partial charge in [-0.25, -0.2) is 4.98 Å². The van der Waals surface area contributed by atoms with Crippen molar-refractivity contribution in [3.8, 4) is 0 Å². The lowest BCUT2D eigenvalue weighted by Crippen LogP contribution is -2.50. The molecule has 1 amide bonds. The molecule has 6 nitrogen and oxygen atoms in total. The third kappa shape index (κ3) is 3.26. The zero-order valence-electron chi connectivity index (χ0n) is 14.9. The van der Waals surface area contributed by atoms with E-state index in [1.165, 1.54) is 43.9 Å². The van der Waals surface area contributed by atoms with Crippen molar-refractivity contribution in [3.05, 3.63) is 17.5 Å². The van der Waals surface area contributed by atoms with Crippen LogP contribution in [0.5, 0.6) is 0 Å². The van der Waals surface area contributed by atoms with Crippen molar-refractivity contribution >= 4 is 23.4 Å². The smallest absolute Gasteiger partial charge is 0.256 e. The quantitative estimate of drug-likeness (QED) is 0.788. The molecular formula is C18H25N5OS. The van der Waals surface area contributed by atoms with Gasteiger partial charge in [0.15, 0.2) is 5.16 Å². The SMILES string of the molecule is Cc1cc(C)n2c(SCC(=O)N3CCC[C@H]4CCCC[C@H]43)nnc2n1. The van der Waals surface area contributed by atoms with Gasteiger partial charge in [-0.3, -0.25) is 9.20 Å². The summed E-state index contributed by atoms with van der Waals surface area (Å²) in [6.07, 6.45) is 7.50. The second-order valence-electron chi connectivity index (χ2n) is 7.29. The summed E-state index contributed by atoms with van der Waals surface area (Å²) in [5.41, 5.74) is 1.98. The Bertz CT molecular complexity index is 787. The molecule has 134 valence electrons. The molecule has 1 saturated heterocycles. The second-order valence-corrected chi connectivity index (χ2v) is 8.23. The standard InChI is InChI=1S/C18H25N5OS/c1-12-10-13(2)23-17(19-12)20-21-18(23)25-11-16(24)22-9-5-7-14-6-3-4-8-15(14)22/h10,14-15H,3-9,11H2,1-2H3/t14-,15-/m1/s1. The van der Waals surface area contributed by atoms with E-state index in [0.29, 0.717) is 17.6 Å². The maximum atomic E-state index is 12.9. The van der Waals surface area contributed by atoms with E-state index in [4.69, 9.17) is 0 Å². The van der Waals surface area contributed by atoms with Crippen LogP contribution < -0.4 is 0 Å². The Kier molecular flexibility index (Phi) is 4.67. The lowest BCUT2D eigenvalue weighted by atomic mass is 9.78. The molecule has 1 aliphatic heterocycles. The first kappa shape index (κ1) is 16.8. The molecule has 2 atom stereocenters. The van der Waals surface area contributed by atoms with Crippen LogP contribution in [0.2, 0.25) is 0 Å². The van der Waals surface area contributed by atoms with Gasteiger partial charge in [0.1, 0.15) is 0 Å². The molecule has 0 radical (unpaired) electrons. The minimum atomic E-state index is 0.246. The van der Waals surface area contributed by atoms with Crippen LogP contribution in [0.25, 0.3) is 5.78 Å². The van der Waals surface area contributed by atoms with Crippen molar-refractivity contribution in [3.63, 3.8) is 0 Å². The van der Waals surface area contributed by atoms with Gasteiger partial charge in [0.05, 0.1) is 5.75 Å². The summed E-state index contributed by atoms with van der Waals surface area (Å²) < 4.78 is 1.94. The minimum absolute atomic E-state index is 0.246. The van der Waals surface area contributed by atoms with E-state index >= 15 is 0 Å². The molecule has 0 N–H and O–H groups in total. The molecule has 0 aromatic carbocycles. The van der Waals surface area contributed by atoms with Gasteiger partial charge in [0, 0.05) is 24.0 Å². The summed E-state index contributed by atoms with van der Waals surface area (Å²) in [6, 6.07) is 2.48. The van der Waals surface area contributed by atoms with Crippen LogP contribution >= 0.6 is 11.8 Å². The number of thioether (sulfide) groups is 1. The highest BCUT2D eigenvalue weighted by atomic mass is 32.2. The number of nitrogens with zero attached hydrogens (tertiary/aromatic N) is 5. The molecule has 0 unspecified atom stereocenters. The molecule has 0 bridgehead atoms. The van der Waals surface area contributed by atoms with Gasteiger partial charge in [-0.15, -0.1) is 10.2 Å². The van der Waals surface area contributed by atoms with Crippen molar-refractivity contribution in [2.45, 2.75) is 63.6 Å². The maximum absolute atomic E-state index is 12.9. The topological polar surface area (TPSA) is 63.4 Å². The Balaban J connectivity index is 1.47. The maximum Gasteiger partial charge on any atom is 0.256 e. The van der Waals surface area contributed by atoms with Gasteiger partial charge < -0.3 is 4.90 Å². The lowest BCUT2D eigenvalue weighted by molar-refractivity contribution is -0.134. The van der Waals surface area contributed by atoms with E-state index in [0.717, 1.165) is 35.4 Å². The minimum Gasteiger partial charge on any atom is -0.339 e. The van der Waals surface area contributed by atoms with Crippen LogP contribution in [0.15, 0.2) is 11.2 Å². The van der Waals surface area contributed by atoms with Gasteiger partial charge in [0.25, 0.3) is 5.78 Å². The number of carbonyl (C=O) groups excluding carboxylic acids is 1. The molecule has 2 aromatic rings. The molecule has 3 heterocycles. The Labute approximate surface area is 152 Å². The monoisotopic (exact) mass is 359 g/mol. The summed E-state index contributed by atoms with van der Waals surface area (Å²) in [4.78, 5) is 19.4. The molecule has 1 aliphatic carbocycles. The third-order valence-electron chi connectivity index (χ3n) is 5.55. The Morgan fingerprint density at radius 1 is 1.20 bits per heavy atom. The van der Waals surface area contributed by atoms with Gasteiger partial charge in [-0.05, 0) is 51.5 Å². The fourth-order valence-electron chi connectivity index (χ4n) is 4.44. The van der Waals surface area contributed by atoms with Crippen LogP contribution in [0.4, 0.5) is 0 Å². The number of rotatable bonds is 3. The summed E-state index contributed by atoms with van der Waals surface area (Å²) in [6.45, 7) is 4.89. The van der Waals surface area contributed by atoms with E-state index in [-0.39, 0.29) is 5.91 Å². The first-order valence-electron chi connectivity index (χ1n) is 9.25. The van der Waals surface area contributed by atoms with Crippen LogP contribution in [0.1, 0.15) is 49.9 Å². The Morgan fingerprint density at radius 3 is 2.88 bits per heavy atom. The zero-order valence-corrected chi connectivity index (χ0v) is 15.8. The van der Waals surface area contributed by atoms with Gasteiger partial charge in [-0.2, -0.15) is 0 Å². The van der Waals surface area contributed by atoms with E-state index in [1.54, 1.807) is 0 Å². The summed E-state index contributed by atoms with van der Waals surface area (Å²) in [5.74, 6) is 2.01. The number of piperidine rings is 1. The predicted molar refractivity (Wildman–Crippen MR) is 97.7 cm³/mol. The lowest BCUT2D eigenvalue weighted by Gasteiger charge is -2.44. The number of amides is 1. The number of aryl methyl sites for hydroxylation is 2. The Hall–Kier alpha value is -1.63. The van der Waals surface area contributed by atoms with E-state index in [9.17, 15) is 4.79 Å².